The third-order valence-corrected chi connectivity index (χ3v) is 5.20. The molecule has 1 amide bonds. The lowest BCUT2D eigenvalue weighted by Crippen LogP contribution is -2.48. The lowest BCUT2D eigenvalue weighted by Gasteiger charge is -2.37. The highest BCUT2D eigenvalue weighted by molar-refractivity contribution is 5.94. The fraction of sp³-hybridized carbons (Fsp3) is 0.632. The Hall–Kier alpha value is -1.63. The summed E-state index contributed by atoms with van der Waals surface area (Å²) < 4.78 is 5.78. The number of morpholine rings is 1. The standard InChI is InChI=1S/C19H28N2O4/c1-13-7-20(8-14(2)25-13)9-16-10-21(11-17(16)12-22)19(24)15-3-5-18(23)6-4-15/h3-6,13-14,16-17,22-23H,7-12H2,1-2H3. The average molecular weight is 348 g/mol. The molecule has 2 heterocycles. The van der Waals surface area contributed by atoms with Crippen LogP contribution in [-0.2, 0) is 4.74 Å². The van der Waals surface area contributed by atoms with Gasteiger partial charge in [-0.25, -0.2) is 0 Å². The molecule has 138 valence electrons. The molecule has 6 heteroatoms. The highest BCUT2D eigenvalue weighted by atomic mass is 16.5. The van der Waals surface area contributed by atoms with E-state index in [4.69, 9.17) is 4.74 Å². The topological polar surface area (TPSA) is 73.2 Å². The number of hydrogen-bond acceptors (Lipinski definition) is 5. The first-order valence-corrected chi connectivity index (χ1v) is 9.03. The van der Waals surface area contributed by atoms with Gasteiger partial charge in [-0.1, -0.05) is 0 Å². The Labute approximate surface area is 149 Å². The van der Waals surface area contributed by atoms with Crippen LogP contribution in [0.5, 0.6) is 5.75 Å². The van der Waals surface area contributed by atoms with Crippen molar-refractivity contribution in [1.29, 1.82) is 0 Å². The lowest BCUT2D eigenvalue weighted by molar-refractivity contribution is -0.0726. The minimum absolute atomic E-state index is 0.0373. The van der Waals surface area contributed by atoms with Crippen molar-refractivity contribution < 1.29 is 19.7 Å². The molecule has 2 saturated heterocycles. The summed E-state index contributed by atoms with van der Waals surface area (Å²) in [5.74, 6) is 0.488. The lowest BCUT2D eigenvalue weighted by atomic mass is 9.96. The van der Waals surface area contributed by atoms with Gasteiger partial charge in [-0.15, -0.1) is 0 Å². The SMILES string of the molecule is CC1CN(CC2CN(C(=O)c3ccc(O)cc3)CC2CO)CC(C)O1. The predicted molar refractivity (Wildman–Crippen MR) is 94.5 cm³/mol. The number of aliphatic hydroxyl groups is 1. The van der Waals surface area contributed by atoms with Gasteiger partial charge in [0.15, 0.2) is 0 Å². The first kappa shape index (κ1) is 18.2. The summed E-state index contributed by atoms with van der Waals surface area (Å²) in [6, 6.07) is 6.34. The zero-order chi connectivity index (χ0) is 18.0. The number of hydrogen-bond donors (Lipinski definition) is 2. The van der Waals surface area contributed by atoms with Crippen molar-refractivity contribution in [1.82, 2.24) is 9.80 Å². The molecule has 0 spiro atoms. The smallest absolute Gasteiger partial charge is 0.253 e. The fourth-order valence-electron chi connectivity index (χ4n) is 4.07. The van der Waals surface area contributed by atoms with Crippen molar-refractivity contribution in [2.75, 3.05) is 39.3 Å². The number of ether oxygens (including phenoxy) is 1. The van der Waals surface area contributed by atoms with Gasteiger partial charge in [-0.3, -0.25) is 9.69 Å². The molecule has 0 saturated carbocycles. The van der Waals surface area contributed by atoms with Gasteiger partial charge in [0, 0.05) is 50.8 Å². The summed E-state index contributed by atoms with van der Waals surface area (Å²) in [5, 5.41) is 19.1. The number of benzene rings is 1. The fourth-order valence-corrected chi connectivity index (χ4v) is 4.07. The number of carbonyl (C=O) groups excluding carboxylic acids is 1. The highest BCUT2D eigenvalue weighted by Crippen LogP contribution is 2.27. The maximum absolute atomic E-state index is 12.7. The molecule has 0 aromatic heterocycles. The van der Waals surface area contributed by atoms with Crippen LogP contribution in [0.1, 0.15) is 24.2 Å². The number of carbonyl (C=O) groups is 1. The molecule has 2 fully saturated rings. The van der Waals surface area contributed by atoms with Crippen LogP contribution in [0.4, 0.5) is 0 Å². The third kappa shape index (κ3) is 4.32. The molecule has 2 aliphatic rings. The van der Waals surface area contributed by atoms with E-state index in [0.717, 1.165) is 19.6 Å². The Bertz CT molecular complexity index is 582. The van der Waals surface area contributed by atoms with Crippen molar-refractivity contribution in [3.63, 3.8) is 0 Å². The molecule has 1 aromatic rings. The molecule has 25 heavy (non-hydrogen) atoms. The van der Waals surface area contributed by atoms with E-state index in [2.05, 4.69) is 18.7 Å². The minimum Gasteiger partial charge on any atom is -0.508 e. The van der Waals surface area contributed by atoms with E-state index in [-0.39, 0.29) is 42.3 Å². The second-order valence-electron chi connectivity index (χ2n) is 7.44. The quantitative estimate of drug-likeness (QED) is 0.855. The van der Waals surface area contributed by atoms with Crippen LogP contribution in [0.2, 0.25) is 0 Å². The highest BCUT2D eigenvalue weighted by Gasteiger charge is 2.37. The van der Waals surface area contributed by atoms with Gasteiger partial charge in [0.1, 0.15) is 5.75 Å². The molecule has 1 aromatic carbocycles. The predicted octanol–water partition coefficient (Wildman–Crippen LogP) is 1.18. The van der Waals surface area contributed by atoms with Crippen LogP contribution >= 0.6 is 0 Å². The summed E-state index contributed by atoms with van der Waals surface area (Å²) in [6.45, 7) is 8.17. The zero-order valence-electron chi connectivity index (χ0n) is 15.0. The second-order valence-corrected chi connectivity index (χ2v) is 7.44. The minimum atomic E-state index is -0.0373. The first-order chi connectivity index (χ1) is 12.0. The van der Waals surface area contributed by atoms with Crippen LogP contribution in [0.3, 0.4) is 0 Å². The van der Waals surface area contributed by atoms with Gasteiger partial charge in [-0.2, -0.15) is 0 Å². The molecular formula is C19H28N2O4. The molecule has 2 aliphatic heterocycles. The third-order valence-electron chi connectivity index (χ3n) is 5.20. The number of nitrogens with zero attached hydrogens (tertiary/aromatic N) is 2. The van der Waals surface area contributed by atoms with E-state index >= 15 is 0 Å². The van der Waals surface area contributed by atoms with E-state index in [1.165, 1.54) is 12.1 Å². The van der Waals surface area contributed by atoms with Crippen LogP contribution in [0.25, 0.3) is 0 Å². The van der Waals surface area contributed by atoms with E-state index in [1.54, 1.807) is 12.1 Å². The van der Waals surface area contributed by atoms with Gasteiger partial charge >= 0.3 is 0 Å². The number of rotatable bonds is 4. The van der Waals surface area contributed by atoms with Crippen LogP contribution < -0.4 is 0 Å². The van der Waals surface area contributed by atoms with Gasteiger partial charge < -0.3 is 19.8 Å². The van der Waals surface area contributed by atoms with Crippen molar-refractivity contribution in [2.24, 2.45) is 11.8 Å². The Kier molecular flexibility index (Phi) is 5.61. The van der Waals surface area contributed by atoms with E-state index in [9.17, 15) is 15.0 Å². The Morgan fingerprint density at radius 1 is 1.08 bits per heavy atom. The van der Waals surface area contributed by atoms with Gasteiger partial charge in [0.25, 0.3) is 5.91 Å². The number of aromatic hydroxyl groups is 1. The number of phenols is 1. The summed E-state index contributed by atoms with van der Waals surface area (Å²) >= 11 is 0. The monoisotopic (exact) mass is 348 g/mol. The molecule has 0 bridgehead atoms. The van der Waals surface area contributed by atoms with Crippen LogP contribution in [-0.4, -0.2) is 77.5 Å². The molecular weight excluding hydrogens is 320 g/mol. The number of likely N-dealkylation sites (tertiary alicyclic amines) is 1. The van der Waals surface area contributed by atoms with Crippen molar-refractivity contribution >= 4 is 5.91 Å². The first-order valence-electron chi connectivity index (χ1n) is 9.03. The summed E-state index contributed by atoms with van der Waals surface area (Å²) in [6.07, 6.45) is 0.430. The summed E-state index contributed by atoms with van der Waals surface area (Å²) in [4.78, 5) is 16.9. The van der Waals surface area contributed by atoms with Gasteiger partial charge in [0.2, 0.25) is 0 Å². The number of amides is 1. The van der Waals surface area contributed by atoms with Crippen LogP contribution in [0, 0.1) is 11.8 Å². The normalized spacial score (nSPS) is 30.6. The van der Waals surface area contributed by atoms with Gasteiger partial charge in [0.05, 0.1) is 12.2 Å². The van der Waals surface area contributed by atoms with Crippen molar-refractivity contribution in [3.05, 3.63) is 29.8 Å². The molecule has 3 rings (SSSR count). The summed E-state index contributed by atoms with van der Waals surface area (Å²) in [7, 11) is 0. The van der Waals surface area contributed by atoms with E-state index in [1.807, 2.05) is 4.90 Å². The molecule has 0 radical (unpaired) electrons. The van der Waals surface area contributed by atoms with Crippen LogP contribution in [0.15, 0.2) is 24.3 Å². The maximum atomic E-state index is 12.7. The largest absolute Gasteiger partial charge is 0.508 e. The van der Waals surface area contributed by atoms with E-state index in [0.29, 0.717) is 18.7 Å². The number of phenolic OH excluding ortho intramolecular Hbond substituents is 1. The molecule has 0 aliphatic carbocycles. The molecule has 2 N–H and O–H groups in total. The second kappa shape index (κ2) is 7.72. The Balaban J connectivity index is 1.63. The maximum Gasteiger partial charge on any atom is 0.253 e. The van der Waals surface area contributed by atoms with Gasteiger partial charge in [-0.05, 0) is 44.0 Å². The molecule has 4 atom stereocenters. The summed E-state index contributed by atoms with van der Waals surface area (Å²) in [5.41, 5.74) is 0.573. The Morgan fingerprint density at radius 2 is 1.68 bits per heavy atom. The zero-order valence-corrected chi connectivity index (χ0v) is 15.0. The number of aliphatic hydroxyl groups excluding tert-OH is 1. The van der Waals surface area contributed by atoms with Crippen molar-refractivity contribution in [2.45, 2.75) is 26.1 Å². The average Bonchev–Trinajstić information content (AvgIpc) is 2.97. The van der Waals surface area contributed by atoms with Crippen molar-refractivity contribution in [3.8, 4) is 5.75 Å². The van der Waals surface area contributed by atoms with E-state index < -0.39 is 0 Å². The molecule has 4 unspecified atom stereocenters. The molecule has 6 nitrogen and oxygen atoms in total. The Morgan fingerprint density at radius 3 is 2.28 bits per heavy atom.